The number of halogens is 1. The van der Waals surface area contributed by atoms with Crippen molar-refractivity contribution in [2.45, 2.75) is 38.3 Å². The number of carbonyl (C=O) groups excluding carboxylic acids is 1. The van der Waals surface area contributed by atoms with Crippen molar-refractivity contribution in [2.24, 2.45) is 5.73 Å². The van der Waals surface area contributed by atoms with Gasteiger partial charge in [-0.05, 0) is 30.9 Å². The molecule has 0 bridgehead atoms. The van der Waals surface area contributed by atoms with E-state index in [1.165, 1.54) is 16.9 Å². The Bertz CT molecular complexity index is 1060. The minimum Gasteiger partial charge on any atom is -0.328 e. The number of hydrogen-bond acceptors (Lipinski definition) is 5. The Balaban J connectivity index is 1.68. The maximum absolute atomic E-state index is 13.4. The molecule has 1 saturated heterocycles. The zero-order chi connectivity index (χ0) is 21.3. The van der Waals surface area contributed by atoms with Crippen LogP contribution in [0.25, 0.3) is 23.5 Å². The van der Waals surface area contributed by atoms with Crippen LogP contribution >= 0.6 is 22.9 Å². The van der Waals surface area contributed by atoms with E-state index in [0.29, 0.717) is 21.6 Å². The second-order valence-corrected chi connectivity index (χ2v) is 8.97. The molecule has 0 spiro atoms. The first-order valence-electron chi connectivity index (χ1n) is 9.98. The molecule has 1 aliphatic heterocycles. The first kappa shape index (κ1) is 20.8. The van der Waals surface area contributed by atoms with E-state index >= 15 is 0 Å². The smallest absolute Gasteiger partial charge is 0.283 e. The van der Waals surface area contributed by atoms with Crippen LogP contribution in [0.2, 0.25) is 4.34 Å². The Labute approximate surface area is 185 Å². The summed E-state index contributed by atoms with van der Waals surface area (Å²) in [5.74, 6) is -0.128. The zero-order valence-corrected chi connectivity index (χ0v) is 18.4. The number of hydrogen-bond donors (Lipinski definition) is 1. The fraction of sp³-hybridized carbons (Fsp3) is 0.318. The molecule has 2 aromatic heterocycles. The van der Waals surface area contributed by atoms with Gasteiger partial charge in [0.1, 0.15) is 10.0 Å². The number of aromatic nitrogens is 3. The maximum atomic E-state index is 13.4. The highest BCUT2D eigenvalue weighted by molar-refractivity contribution is 7.18. The van der Waals surface area contributed by atoms with E-state index in [1.807, 2.05) is 23.1 Å². The average molecular weight is 442 g/mol. The van der Waals surface area contributed by atoms with Gasteiger partial charge < -0.3 is 10.6 Å². The van der Waals surface area contributed by atoms with E-state index < -0.39 is 0 Å². The minimum absolute atomic E-state index is 0.0417. The van der Waals surface area contributed by atoms with Gasteiger partial charge in [-0.15, -0.1) is 0 Å². The predicted octanol–water partition coefficient (Wildman–Crippen LogP) is 4.61. The summed E-state index contributed by atoms with van der Waals surface area (Å²) in [6.07, 6.45) is 16.0. The number of carbonyl (C=O) groups is 1. The number of amides is 1. The molecular weight excluding hydrogens is 418 g/mol. The highest BCUT2D eigenvalue weighted by Gasteiger charge is 2.35. The Kier molecular flexibility index (Phi) is 6.04. The van der Waals surface area contributed by atoms with E-state index in [2.05, 4.69) is 35.7 Å². The minimum atomic E-state index is -0.128. The Hall–Kier alpha value is -2.48. The summed E-state index contributed by atoms with van der Waals surface area (Å²) in [6.45, 7) is 6.37. The monoisotopic (exact) mass is 441 g/mol. The van der Waals surface area contributed by atoms with Crippen molar-refractivity contribution in [2.75, 3.05) is 6.54 Å². The van der Waals surface area contributed by atoms with Gasteiger partial charge in [0.2, 0.25) is 0 Å². The molecule has 2 aromatic rings. The van der Waals surface area contributed by atoms with Crippen molar-refractivity contribution in [1.29, 1.82) is 0 Å². The van der Waals surface area contributed by atoms with Gasteiger partial charge >= 0.3 is 0 Å². The summed E-state index contributed by atoms with van der Waals surface area (Å²) in [7, 11) is 0. The van der Waals surface area contributed by atoms with Crippen LogP contribution < -0.4 is 5.73 Å². The SMILES string of the molecule is C=Cn1ncc(-c2nc(C(=O)N3CC(N)CC4=CC=CCC43)sc2Cl)c1/C=C\CC. The highest BCUT2D eigenvalue weighted by atomic mass is 35.5. The predicted molar refractivity (Wildman–Crippen MR) is 123 cm³/mol. The lowest BCUT2D eigenvalue weighted by molar-refractivity contribution is 0.0657. The van der Waals surface area contributed by atoms with Crippen molar-refractivity contribution in [3.05, 3.63) is 57.7 Å². The molecule has 1 amide bonds. The molecule has 0 radical (unpaired) electrons. The zero-order valence-electron chi connectivity index (χ0n) is 16.8. The van der Waals surface area contributed by atoms with Crippen LogP contribution in [0.3, 0.4) is 0 Å². The largest absolute Gasteiger partial charge is 0.328 e. The van der Waals surface area contributed by atoms with E-state index in [4.69, 9.17) is 17.3 Å². The average Bonchev–Trinajstić information content (AvgIpc) is 3.33. The van der Waals surface area contributed by atoms with Crippen LogP contribution in [-0.2, 0) is 0 Å². The van der Waals surface area contributed by atoms with E-state index in [-0.39, 0.29) is 18.0 Å². The first-order valence-corrected chi connectivity index (χ1v) is 11.2. The fourth-order valence-electron chi connectivity index (χ4n) is 3.94. The van der Waals surface area contributed by atoms with E-state index in [1.54, 1.807) is 17.1 Å². The molecule has 0 aromatic carbocycles. The molecule has 156 valence electrons. The summed E-state index contributed by atoms with van der Waals surface area (Å²) >= 11 is 7.74. The molecule has 0 saturated carbocycles. The summed E-state index contributed by atoms with van der Waals surface area (Å²) in [5.41, 5.74) is 9.60. The molecular formula is C22H24ClN5OS. The molecule has 2 aliphatic rings. The second-order valence-electron chi connectivity index (χ2n) is 7.37. The second kappa shape index (κ2) is 8.71. The van der Waals surface area contributed by atoms with Gasteiger partial charge in [-0.25, -0.2) is 9.67 Å². The Morgan fingerprint density at radius 3 is 3.10 bits per heavy atom. The van der Waals surface area contributed by atoms with Crippen LogP contribution in [0.5, 0.6) is 0 Å². The van der Waals surface area contributed by atoms with Gasteiger partial charge in [-0.3, -0.25) is 4.79 Å². The molecule has 4 rings (SSSR count). The number of fused-ring (bicyclic) bond motifs is 1. The number of likely N-dealkylation sites (tertiary alicyclic amines) is 1. The number of allylic oxidation sites excluding steroid dienone is 3. The van der Waals surface area contributed by atoms with Gasteiger partial charge in [0.25, 0.3) is 5.91 Å². The normalized spacial score (nSPS) is 21.0. The van der Waals surface area contributed by atoms with Crippen molar-refractivity contribution < 1.29 is 4.79 Å². The van der Waals surface area contributed by atoms with Crippen LogP contribution in [0.1, 0.15) is 41.7 Å². The lowest BCUT2D eigenvalue weighted by Crippen LogP contribution is -2.52. The lowest BCUT2D eigenvalue weighted by Gasteiger charge is -2.40. The van der Waals surface area contributed by atoms with Crippen LogP contribution in [0.4, 0.5) is 0 Å². The summed E-state index contributed by atoms with van der Waals surface area (Å²) in [4.78, 5) is 19.8. The van der Waals surface area contributed by atoms with Crippen LogP contribution in [0, 0.1) is 0 Å². The molecule has 30 heavy (non-hydrogen) atoms. The number of nitrogens with zero attached hydrogens (tertiary/aromatic N) is 4. The molecule has 1 aliphatic carbocycles. The maximum Gasteiger partial charge on any atom is 0.283 e. The van der Waals surface area contributed by atoms with Gasteiger partial charge in [0.05, 0.1) is 17.9 Å². The number of nitrogens with two attached hydrogens (primary N) is 1. The molecule has 3 heterocycles. The summed E-state index contributed by atoms with van der Waals surface area (Å²) in [6, 6.07) is -0.0329. The van der Waals surface area contributed by atoms with Gasteiger partial charge in [0, 0.05) is 24.4 Å². The van der Waals surface area contributed by atoms with Gasteiger partial charge in [0.15, 0.2) is 5.01 Å². The van der Waals surface area contributed by atoms with E-state index in [0.717, 1.165) is 30.5 Å². The molecule has 2 atom stereocenters. The number of thiazole rings is 1. The third-order valence-corrected chi connectivity index (χ3v) is 6.58. The number of piperidine rings is 1. The molecule has 8 heteroatoms. The molecule has 2 N–H and O–H groups in total. The van der Waals surface area contributed by atoms with Crippen molar-refractivity contribution in [3.63, 3.8) is 0 Å². The Morgan fingerprint density at radius 2 is 2.33 bits per heavy atom. The topological polar surface area (TPSA) is 77.0 Å². The van der Waals surface area contributed by atoms with Crippen molar-refractivity contribution in [1.82, 2.24) is 19.7 Å². The van der Waals surface area contributed by atoms with Crippen molar-refractivity contribution in [3.8, 4) is 11.3 Å². The third-order valence-electron chi connectivity index (χ3n) is 5.34. The molecule has 1 fully saturated rings. The Morgan fingerprint density at radius 1 is 1.50 bits per heavy atom. The molecule has 6 nitrogen and oxygen atoms in total. The fourth-order valence-corrected chi connectivity index (χ4v) is 5.07. The van der Waals surface area contributed by atoms with Crippen LogP contribution in [0.15, 0.2) is 42.7 Å². The van der Waals surface area contributed by atoms with Crippen LogP contribution in [-0.4, -0.2) is 44.2 Å². The van der Waals surface area contributed by atoms with E-state index in [9.17, 15) is 4.79 Å². The van der Waals surface area contributed by atoms with Gasteiger partial charge in [-0.1, -0.05) is 60.7 Å². The quantitative estimate of drug-likeness (QED) is 0.734. The first-order chi connectivity index (χ1) is 14.5. The van der Waals surface area contributed by atoms with Crippen molar-refractivity contribution >= 4 is 41.1 Å². The standard InChI is InChI=1S/C22H24ClN5OS/c1-3-5-9-18-16(12-25-28(18)4-2)19-20(23)30-21(26-19)22(29)27-13-15(24)11-14-8-6-7-10-17(14)27/h4-9,12,15,17H,2-3,10-11,13,24H2,1H3/b9-5-. The third kappa shape index (κ3) is 3.80. The number of rotatable bonds is 5. The lowest BCUT2D eigenvalue weighted by atomic mass is 9.87. The highest BCUT2D eigenvalue weighted by Crippen LogP contribution is 2.37. The summed E-state index contributed by atoms with van der Waals surface area (Å²) < 4.78 is 2.14. The molecule has 2 unspecified atom stereocenters. The van der Waals surface area contributed by atoms with Gasteiger partial charge in [-0.2, -0.15) is 5.10 Å². The summed E-state index contributed by atoms with van der Waals surface area (Å²) in [5, 5.41) is 4.71.